The zero-order valence-corrected chi connectivity index (χ0v) is 11.4. The average molecular weight is 271 g/mol. The first-order valence-electron chi connectivity index (χ1n) is 5.22. The lowest BCUT2D eigenvalue weighted by molar-refractivity contribution is 0.0787. The SMILES string of the molecule is CC(CN(C)C(=O)c1ccc(Cl)cc1)C(N)=S. The van der Waals surface area contributed by atoms with Gasteiger partial charge in [-0.05, 0) is 24.3 Å². The maximum Gasteiger partial charge on any atom is 0.253 e. The highest BCUT2D eigenvalue weighted by molar-refractivity contribution is 7.80. The van der Waals surface area contributed by atoms with E-state index in [0.717, 1.165) is 0 Å². The molecule has 0 aliphatic carbocycles. The van der Waals surface area contributed by atoms with Crippen LogP contribution in [0.5, 0.6) is 0 Å². The second-order valence-electron chi connectivity index (χ2n) is 4.00. The first kappa shape index (κ1) is 13.9. The van der Waals surface area contributed by atoms with E-state index >= 15 is 0 Å². The van der Waals surface area contributed by atoms with Gasteiger partial charge in [0.1, 0.15) is 0 Å². The molecule has 0 fully saturated rings. The van der Waals surface area contributed by atoms with E-state index in [-0.39, 0.29) is 11.8 Å². The average Bonchev–Trinajstić information content (AvgIpc) is 2.28. The van der Waals surface area contributed by atoms with Gasteiger partial charge in [0.05, 0.1) is 4.99 Å². The molecule has 92 valence electrons. The summed E-state index contributed by atoms with van der Waals surface area (Å²) in [6.45, 7) is 2.41. The Morgan fingerprint density at radius 3 is 2.47 bits per heavy atom. The maximum atomic E-state index is 12.0. The summed E-state index contributed by atoms with van der Waals surface area (Å²) >= 11 is 10.6. The third-order valence-corrected chi connectivity index (χ3v) is 3.13. The molecule has 0 radical (unpaired) electrons. The van der Waals surface area contributed by atoms with Crippen LogP contribution < -0.4 is 5.73 Å². The Labute approximate surface area is 112 Å². The highest BCUT2D eigenvalue weighted by Crippen LogP contribution is 2.11. The molecule has 17 heavy (non-hydrogen) atoms. The predicted molar refractivity (Wildman–Crippen MR) is 74.4 cm³/mol. The van der Waals surface area contributed by atoms with Crippen molar-refractivity contribution < 1.29 is 4.79 Å². The molecule has 0 aliphatic rings. The van der Waals surface area contributed by atoms with E-state index in [9.17, 15) is 4.79 Å². The van der Waals surface area contributed by atoms with Crippen LogP contribution in [0.2, 0.25) is 5.02 Å². The third-order valence-electron chi connectivity index (χ3n) is 2.47. The normalized spacial score (nSPS) is 11.9. The van der Waals surface area contributed by atoms with Gasteiger partial charge in [0.25, 0.3) is 5.91 Å². The third kappa shape index (κ3) is 3.98. The second kappa shape index (κ2) is 5.98. The molecule has 5 heteroatoms. The number of amides is 1. The van der Waals surface area contributed by atoms with Crippen molar-refractivity contribution in [2.45, 2.75) is 6.92 Å². The topological polar surface area (TPSA) is 46.3 Å². The number of hydrogen-bond donors (Lipinski definition) is 1. The number of halogens is 1. The Morgan fingerprint density at radius 1 is 1.47 bits per heavy atom. The van der Waals surface area contributed by atoms with Crippen molar-refractivity contribution in [3.05, 3.63) is 34.9 Å². The molecule has 0 saturated carbocycles. The summed E-state index contributed by atoms with van der Waals surface area (Å²) in [6, 6.07) is 6.79. The summed E-state index contributed by atoms with van der Waals surface area (Å²) in [5, 5.41) is 0.612. The fourth-order valence-electron chi connectivity index (χ4n) is 1.40. The summed E-state index contributed by atoms with van der Waals surface area (Å²) in [6.07, 6.45) is 0. The quantitative estimate of drug-likeness (QED) is 0.855. The van der Waals surface area contributed by atoms with E-state index < -0.39 is 0 Å². The van der Waals surface area contributed by atoms with Crippen LogP contribution >= 0.6 is 23.8 Å². The van der Waals surface area contributed by atoms with Gasteiger partial charge in [-0.15, -0.1) is 0 Å². The summed E-state index contributed by atoms with van der Waals surface area (Å²) < 4.78 is 0. The number of nitrogens with zero attached hydrogens (tertiary/aromatic N) is 1. The molecular formula is C12H15ClN2OS. The van der Waals surface area contributed by atoms with Gasteiger partial charge < -0.3 is 10.6 Å². The lowest BCUT2D eigenvalue weighted by atomic mass is 10.1. The molecule has 2 N–H and O–H groups in total. The van der Waals surface area contributed by atoms with Crippen LogP contribution in [0.4, 0.5) is 0 Å². The minimum Gasteiger partial charge on any atom is -0.393 e. The Hall–Kier alpha value is -1.13. The molecule has 1 aromatic carbocycles. The van der Waals surface area contributed by atoms with Gasteiger partial charge in [0, 0.05) is 30.1 Å². The molecule has 0 spiro atoms. The van der Waals surface area contributed by atoms with Crippen molar-refractivity contribution in [1.29, 1.82) is 0 Å². The first-order valence-corrected chi connectivity index (χ1v) is 6.00. The highest BCUT2D eigenvalue weighted by atomic mass is 35.5. The van der Waals surface area contributed by atoms with Crippen molar-refractivity contribution in [3.63, 3.8) is 0 Å². The minimum absolute atomic E-state index is 0.00579. The van der Waals surface area contributed by atoms with Gasteiger partial charge in [-0.2, -0.15) is 0 Å². The Morgan fingerprint density at radius 2 is 2.00 bits per heavy atom. The molecule has 0 aromatic heterocycles. The number of carbonyl (C=O) groups excluding carboxylic acids is 1. The zero-order chi connectivity index (χ0) is 13.0. The van der Waals surface area contributed by atoms with Gasteiger partial charge in [-0.1, -0.05) is 30.7 Å². The fraction of sp³-hybridized carbons (Fsp3) is 0.333. The fourth-order valence-corrected chi connectivity index (χ4v) is 1.60. The van der Waals surface area contributed by atoms with Crippen LogP contribution in [0, 0.1) is 5.92 Å². The lowest BCUT2D eigenvalue weighted by Crippen LogP contribution is -2.35. The van der Waals surface area contributed by atoms with Crippen molar-refractivity contribution in [3.8, 4) is 0 Å². The zero-order valence-electron chi connectivity index (χ0n) is 9.81. The largest absolute Gasteiger partial charge is 0.393 e. The predicted octanol–water partition coefficient (Wildman–Crippen LogP) is 2.33. The van der Waals surface area contributed by atoms with Gasteiger partial charge in [-0.25, -0.2) is 0 Å². The number of carbonyl (C=O) groups is 1. The van der Waals surface area contributed by atoms with Crippen molar-refractivity contribution in [1.82, 2.24) is 4.90 Å². The van der Waals surface area contributed by atoms with Crippen LogP contribution in [0.1, 0.15) is 17.3 Å². The van der Waals surface area contributed by atoms with E-state index in [1.807, 2.05) is 6.92 Å². The highest BCUT2D eigenvalue weighted by Gasteiger charge is 2.15. The molecular weight excluding hydrogens is 256 g/mol. The summed E-state index contributed by atoms with van der Waals surface area (Å²) in [5.41, 5.74) is 6.12. The first-order chi connectivity index (χ1) is 7.91. The summed E-state index contributed by atoms with van der Waals surface area (Å²) in [4.78, 5) is 14.0. The monoisotopic (exact) mass is 270 g/mol. The summed E-state index contributed by atoms with van der Waals surface area (Å²) in [7, 11) is 1.73. The van der Waals surface area contributed by atoms with Gasteiger partial charge >= 0.3 is 0 Å². The molecule has 1 amide bonds. The van der Waals surface area contributed by atoms with Gasteiger partial charge in [0.2, 0.25) is 0 Å². The van der Waals surface area contributed by atoms with Crippen LogP contribution in [0.25, 0.3) is 0 Å². The number of rotatable bonds is 4. The molecule has 0 bridgehead atoms. The van der Waals surface area contributed by atoms with Crippen LogP contribution in [0.15, 0.2) is 24.3 Å². The van der Waals surface area contributed by atoms with Gasteiger partial charge in [0.15, 0.2) is 0 Å². The Bertz CT molecular complexity index is 419. The van der Waals surface area contributed by atoms with Crippen molar-refractivity contribution in [2.75, 3.05) is 13.6 Å². The molecule has 0 saturated heterocycles. The van der Waals surface area contributed by atoms with Crippen LogP contribution in [-0.2, 0) is 0 Å². The van der Waals surface area contributed by atoms with E-state index in [0.29, 0.717) is 22.1 Å². The van der Waals surface area contributed by atoms with Crippen molar-refractivity contribution in [2.24, 2.45) is 11.7 Å². The molecule has 0 heterocycles. The van der Waals surface area contributed by atoms with E-state index in [1.165, 1.54) is 0 Å². The standard InChI is InChI=1S/C12H15ClN2OS/c1-8(11(14)17)7-15(2)12(16)9-3-5-10(13)6-4-9/h3-6,8H,7H2,1-2H3,(H2,14,17). The van der Waals surface area contributed by atoms with Gasteiger partial charge in [-0.3, -0.25) is 4.79 Å². The van der Waals surface area contributed by atoms with E-state index in [1.54, 1.807) is 36.2 Å². The number of nitrogens with two attached hydrogens (primary N) is 1. The molecule has 1 atom stereocenters. The number of hydrogen-bond acceptors (Lipinski definition) is 2. The molecule has 1 unspecified atom stereocenters. The Balaban J connectivity index is 2.70. The smallest absolute Gasteiger partial charge is 0.253 e. The summed E-state index contributed by atoms with van der Waals surface area (Å²) in [5.74, 6) is -0.0592. The van der Waals surface area contributed by atoms with Crippen molar-refractivity contribution >= 4 is 34.7 Å². The molecule has 3 nitrogen and oxygen atoms in total. The van der Waals surface area contributed by atoms with Crippen LogP contribution in [-0.4, -0.2) is 29.4 Å². The van der Waals surface area contributed by atoms with E-state index in [2.05, 4.69) is 0 Å². The Kier molecular flexibility index (Phi) is 4.90. The lowest BCUT2D eigenvalue weighted by Gasteiger charge is -2.21. The van der Waals surface area contributed by atoms with Crippen LogP contribution in [0.3, 0.4) is 0 Å². The minimum atomic E-state index is -0.0650. The second-order valence-corrected chi connectivity index (χ2v) is 4.90. The molecule has 0 aliphatic heterocycles. The maximum absolute atomic E-state index is 12.0. The molecule has 1 rings (SSSR count). The van der Waals surface area contributed by atoms with E-state index in [4.69, 9.17) is 29.6 Å². The number of thiocarbonyl (C=S) groups is 1. The molecule has 1 aromatic rings. The number of benzene rings is 1.